The molecule has 5 rings (SSSR count). The van der Waals surface area contributed by atoms with Crippen LogP contribution in [0.25, 0.3) is 10.2 Å². The Hall–Kier alpha value is -3.24. The van der Waals surface area contributed by atoms with Gasteiger partial charge in [0.1, 0.15) is 17.0 Å². The number of hydrogen-bond acceptors (Lipinski definition) is 9. The van der Waals surface area contributed by atoms with Gasteiger partial charge in [0.05, 0.1) is 29.0 Å². The van der Waals surface area contributed by atoms with E-state index in [1.165, 1.54) is 29.5 Å². The number of benzene rings is 1. The minimum atomic E-state index is 0.189. The maximum absolute atomic E-state index is 10.3. The summed E-state index contributed by atoms with van der Waals surface area (Å²) < 4.78 is 5.42. The molecule has 192 valence electrons. The van der Waals surface area contributed by atoms with E-state index in [0.29, 0.717) is 11.3 Å². The molecule has 10 heteroatoms. The van der Waals surface area contributed by atoms with Crippen molar-refractivity contribution in [2.75, 3.05) is 43.1 Å². The van der Waals surface area contributed by atoms with Crippen LogP contribution < -0.4 is 16.0 Å². The molecule has 9 nitrogen and oxygen atoms in total. The predicted molar refractivity (Wildman–Crippen MR) is 148 cm³/mol. The fraction of sp³-hybridized carbons (Fsp3) is 0.462. The van der Waals surface area contributed by atoms with Gasteiger partial charge in [0.15, 0.2) is 0 Å². The first-order valence-corrected chi connectivity index (χ1v) is 13.1. The van der Waals surface area contributed by atoms with E-state index < -0.39 is 0 Å². The molecule has 1 amide bonds. The van der Waals surface area contributed by atoms with Gasteiger partial charge < -0.3 is 31.0 Å². The van der Waals surface area contributed by atoms with Crippen LogP contribution in [0.15, 0.2) is 18.5 Å². The fourth-order valence-corrected chi connectivity index (χ4v) is 6.06. The molecular formula is C26H35N7O2S. The van der Waals surface area contributed by atoms with Crippen molar-refractivity contribution in [1.29, 1.82) is 5.41 Å². The quantitative estimate of drug-likeness (QED) is 0.268. The summed E-state index contributed by atoms with van der Waals surface area (Å²) in [7, 11) is 3.96. The average molecular weight is 510 g/mol. The monoisotopic (exact) mass is 509 g/mol. The van der Waals surface area contributed by atoms with Crippen molar-refractivity contribution >= 4 is 57.1 Å². The molecule has 0 saturated carbocycles. The number of hydrogen-bond donors (Lipinski definition) is 3. The Morgan fingerprint density at radius 3 is 2.58 bits per heavy atom. The smallest absolute Gasteiger partial charge is 0.209 e. The molecule has 1 saturated heterocycles. The second-order valence-electron chi connectivity index (χ2n) is 9.59. The van der Waals surface area contributed by atoms with Crippen LogP contribution in [0.4, 0.5) is 22.9 Å². The summed E-state index contributed by atoms with van der Waals surface area (Å²) in [5.41, 5.74) is 10.6. The summed E-state index contributed by atoms with van der Waals surface area (Å²) in [5, 5.41) is 12.2. The third-order valence-electron chi connectivity index (χ3n) is 6.44. The van der Waals surface area contributed by atoms with Gasteiger partial charge in [-0.3, -0.25) is 4.79 Å². The van der Waals surface area contributed by atoms with Gasteiger partial charge in [-0.15, -0.1) is 11.3 Å². The van der Waals surface area contributed by atoms with Crippen LogP contribution in [-0.2, 0) is 22.4 Å². The van der Waals surface area contributed by atoms with E-state index in [9.17, 15) is 4.79 Å². The Bertz CT molecular complexity index is 1230. The lowest BCUT2D eigenvalue weighted by molar-refractivity contribution is -0.130. The van der Waals surface area contributed by atoms with E-state index in [2.05, 4.69) is 15.3 Å². The Kier molecular flexibility index (Phi) is 8.05. The molecular weight excluding hydrogens is 474 g/mol. The maximum Gasteiger partial charge on any atom is 0.209 e. The number of nitrogen functional groups attached to an aromatic ring is 1. The molecule has 2 aliphatic rings. The number of ether oxygens (including phenoxy) is 1. The molecule has 0 radical (unpaired) electrons. The summed E-state index contributed by atoms with van der Waals surface area (Å²) in [5.74, 6) is 0.832. The molecule has 2 aromatic heterocycles. The zero-order valence-corrected chi connectivity index (χ0v) is 22.2. The number of morpholine rings is 1. The van der Waals surface area contributed by atoms with Crippen molar-refractivity contribution in [2.45, 2.75) is 51.7 Å². The van der Waals surface area contributed by atoms with Gasteiger partial charge in [-0.2, -0.15) is 0 Å². The molecule has 3 aromatic rings. The Balaban J connectivity index is 0.000000256. The van der Waals surface area contributed by atoms with E-state index in [-0.39, 0.29) is 12.2 Å². The van der Waals surface area contributed by atoms with E-state index in [0.717, 1.165) is 59.8 Å². The van der Waals surface area contributed by atoms with Crippen LogP contribution in [0, 0.1) is 5.41 Å². The fourth-order valence-electron chi connectivity index (χ4n) is 4.83. The predicted octanol–water partition coefficient (Wildman–Crippen LogP) is 4.21. The summed E-state index contributed by atoms with van der Waals surface area (Å²) >= 11 is 1.79. The zero-order chi connectivity index (χ0) is 25.8. The topological polar surface area (TPSA) is 120 Å². The average Bonchev–Trinajstić information content (AvgIpc) is 3.24. The molecule has 1 aliphatic carbocycles. The number of carbonyl (C=O) groups is 1. The summed E-state index contributed by atoms with van der Waals surface area (Å²) in [6.45, 7) is 5.42. The number of aromatic nitrogens is 2. The number of fused-ring (bicyclic) bond motifs is 3. The number of nitrogens with zero attached hydrogens (tertiary/aromatic N) is 4. The standard InChI is InChI=1S/C19H22N6S.C7H13NO2/c1-25(2)15-8-13(21)11(9-20)7-14(15)24-18-17-12-5-3-4-6-16(12)26-19(17)23-10-22-18;1-6-3-8(5-9)4-7(2)10-6/h7-10,20H,3-6,21H2,1-2H3,(H,22,23,24);5-7H,3-4H2,1-2H3. The highest BCUT2D eigenvalue weighted by Gasteiger charge is 2.21. The highest BCUT2D eigenvalue weighted by atomic mass is 32.1. The lowest BCUT2D eigenvalue weighted by Crippen LogP contribution is -2.44. The minimum absolute atomic E-state index is 0.189. The van der Waals surface area contributed by atoms with Crippen LogP contribution >= 0.6 is 11.3 Å². The normalized spacial score (nSPS) is 19.2. The highest BCUT2D eigenvalue weighted by Crippen LogP contribution is 2.40. The first-order chi connectivity index (χ1) is 17.3. The molecule has 0 spiro atoms. The second kappa shape index (κ2) is 11.2. The van der Waals surface area contributed by atoms with Gasteiger partial charge in [-0.1, -0.05) is 0 Å². The van der Waals surface area contributed by atoms with Crippen molar-refractivity contribution in [2.24, 2.45) is 0 Å². The third kappa shape index (κ3) is 5.60. The Morgan fingerprint density at radius 1 is 1.19 bits per heavy atom. The number of nitrogens with one attached hydrogen (secondary N) is 2. The van der Waals surface area contributed by atoms with Gasteiger partial charge in [-0.05, 0) is 57.2 Å². The molecule has 1 aliphatic heterocycles. The molecule has 0 bridgehead atoms. The third-order valence-corrected chi connectivity index (χ3v) is 7.64. The molecule has 1 aromatic carbocycles. The van der Waals surface area contributed by atoms with E-state index in [4.69, 9.17) is 15.9 Å². The van der Waals surface area contributed by atoms with Crippen LogP contribution in [0.1, 0.15) is 42.7 Å². The van der Waals surface area contributed by atoms with Crippen molar-refractivity contribution in [3.05, 3.63) is 34.5 Å². The van der Waals surface area contributed by atoms with Crippen molar-refractivity contribution in [3.63, 3.8) is 0 Å². The van der Waals surface area contributed by atoms with Gasteiger partial charge >= 0.3 is 0 Å². The molecule has 3 heterocycles. The van der Waals surface area contributed by atoms with Crippen LogP contribution in [-0.4, -0.2) is 66.9 Å². The maximum atomic E-state index is 10.3. The summed E-state index contributed by atoms with van der Waals surface area (Å²) in [6.07, 6.45) is 8.86. The highest BCUT2D eigenvalue weighted by molar-refractivity contribution is 7.19. The van der Waals surface area contributed by atoms with E-state index >= 15 is 0 Å². The van der Waals surface area contributed by atoms with Crippen LogP contribution in [0.3, 0.4) is 0 Å². The number of aryl methyl sites for hydroxylation is 2. The molecule has 2 unspecified atom stereocenters. The van der Waals surface area contributed by atoms with Crippen LogP contribution in [0.5, 0.6) is 0 Å². The van der Waals surface area contributed by atoms with Gasteiger partial charge in [-0.25, -0.2) is 9.97 Å². The number of rotatable bonds is 5. The van der Waals surface area contributed by atoms with E-state index in [1.807, 2.05) is 45.0 Å². The lowest BCUT2D eigenvalue weighted by atomic mass is 9.97. The number of thiophene rings is 1. The molecule has 36 heavy (non-hydrogen) atoms. The molecule has 2 atom stereocenters. The van der Waals surface area contributed by atoms with E-state index in [1.54, 1.807) is 22.6 Å². The Labute approximate surface area is 216 Å². The first-order valence-electron chi connectivity index (χ1n) is 12.3. The largest absolute Gasteiger partial charge is 0.398 e. The second-order valence-corrected chi connectivity index (χ2v) is 10.7. The first kappa shape index (κ1) is 25.8. The van der Waals surface area contributed by atoms with Gasteiger partial charge in [0.2, 0.25) is 6.41 Å². The van der Waals surface area contributed by atoms with Crippen molar-refractivity contribution < 1.29 is 9.53 Å². The zero-order valence-electron chi connectivity index (χ0n) is 21.4. The number of anilines is 4. The van der Waals surface area contributed by atoms with Gasteiger partial charge in [0, 0.05) is 49.5 Å². The molecule has 4 N–H and O–H groups in total. The number of amides is 1. The SMILES string of the molecule is CC1CN(C=O)CC(C)O1.CN(C)c1cc(N)c(C=N)cc1Nc1ncnc2sc3c(c12)CCCC3. The lowest BCUT2D eigenvalue weighted by Gasteiger charge is -2.32. The van der Waals surface area contributed by atoms with Gasteiger partial charge in [0.25, 0.3) is 0 Å². The van der Waals surface area contributed by atoms with Crippen molar-refractivity contribution in [1.82, 2.24) is 14.9 Å². The molecule has 1 fully saturated rings. The van der Waals surface area contributed by atoms with Crippen LogP contribution in [0.2, 0.25) is 0 Å². The summed E-state index contributed by atoms with van der Waals surface area (Å²) in [4.78, 5) is 25.6. The minimum Gasteiger partial charge on any atom is -0.398 e. The number of carbonyl (C=O) groups excluding carboxylic acids is 1. The Morgan fingerprint density at radius 2 is 1.92 bits per heavy atom. The summed E-state index contributed by atoms with van der Waals surface area (Å²) in [6, 6.07) is 3.80. The number of nitrogens with two attached hydrogens (primary N) is 1. The van der Waals surface area contributed by atoms with Crippen molar-refractivity contribution in [3.8, 4) is 0 Å².